The smallest absolute Gasteiger partial charge is 0.150 e. The van der Waals surface area contributed by atoms with Crippen molar-refractivity contribution >= 4 is 15.7 Å². The first-order valence-corrected chi connectivity index (χ1v) is 7.80. The molecule has 2 rings (SSSR count). The number of hydrogen-bond acceptors (Lipinski definition) is 4. The summed E-state index contributed by atoms with van der Waals surface area (Å²) >= 11 is 0. The van der Waals surface area contributed by atoms with Crippen LogP contribution >= 0.6 is 0 Å². The molecule has 0 radical (unpaired) electrons. The highest BCUT2D eigenvalue weighted by molar-refractivity contribution is 7.91. The zero-order valence-electron chi connectivity index (χ0n) is 10.3. The lowest BCUT2D eigenvalue weighted by Crippen LogP contribution is -2.32. The summed E-state index contributed by atoms with van der Waals surface area (Å²) in [5.41, 5.74) is 0. The van der Waals surface area contributed by atoms with E-state index >= 15 is 0 Å². The molecular weight excluding hydrogens is 238 g/mol. The van der Waals surface area contributed by atoms with Crippen molar-refractivity contribution < 1.29 is 8.42 Å². The Labute approximate surface area is 102 Å². The van der Waals surface area contributed by atoms with Crippen LogP contribution in [0, 0.1) is 0 Å². The lowest BCUT2D eigenvalue weighted by Gasteiger charge is -2.22. The summed E-state index contributed by atoms with van der Waals surface area (Å²) in [4.78, 5) is 0. The molecule has 0 amide bonds. The molecule has 1 N–H and O–H groups in total. The molecule has 0 saturated carbocycles. The molecule has 2 heterocycles. The predicted octanol–water partition coefficient (Wildman–Crippen LogP) is 1.45. The van der Waals surface area contributed by atoms with Gasteiger partial charge < -0.3 is 5.32 Å². The quantitative estimate of drug-likeness (QED) is 0.890. The number of anilines is 1. The highest BCUT2D eigenvalue weighted by Gasteiger charge is 2.23. The van der Waals surface area contributed by atoms with Gasteiger partial charge in [0.2, 0.25) is 0 Å². The van der Waals surface area contributed by atoms with Gasteiger partial charge in [-0.1, -0.05) is 0 Å². The molecule has 1 fully saturated rings. The van der Waals surface area contributed by atoms with Gasteiger partial charge in [-0.25, -0.2) is 8.42 Å². The molecule has 17 heavy (non-hydrogen) atoms. The van der Waals surface area contributed by atoms with Gasteiger partial charge in [0.25, 0.3) is 0 Å². The maximum absolute atomic E-state index is 11.3. The van der Waals surface area contributed by atoms with Crippen molar-refractivity contribution in [2.45, 2.75) is 38.8 Å². The van der Waals surface area contributed by atoms with Crippen LogP contribution in [0.25, 0.3) is 0 Å². The highest BCUT2D eigenvalue weighted by Crippen LogP contribution is 2.17. The standard InChI is InChI=1S/C11H19N3O2S/c1-9(2)14-6-3-11(13-14)12-10-4-7-17(15,16)8-5-10/h3,6,9-10H,4-5,7-8H2,1-2H3,(H,12,13). The summed E-state index contributed by atoms with van der Waals surface area (Å²) in [6.45, 7) is 4.15. The van der Waals surface area contributed by atoms with Crippen molar-refractivity contribution in [1.82, 2.24) is 9.78 Å². The van der Waals surface area contributed by atoms with Gasteiger partial charge in [-0.2, -0.15) is 5.10 Å². The van der Waals surface area contributed by atoms with Gasteiger partial charge in [0, 0.05) is 24.3 Å². The fraction of sp³-hybridized carbons (Fsp3) is 0.727. The number of sulfone groups is 1. The average Bonchev–Trinajstić information content (AvgIpc) is 2.70. The van der Waals surface area contributed by atoms with E-state index in [1.54, 1.807) is 0 Å². The average molecular weight is 257 g/mol. The minimum atomic E-state index is -2.78. The van der Waals surface area contributed by atoms with Crippen LogP contribution in [0.2, 0.25) is 0 Å². The predicted molar refractivity (Wildman–Crippen MR) is 67.9 cm³/mol. The van der Waals surface area contributed by atoms with Gasteiger partial charge in [-0.3, -0.25) is 4.68 Å². The molecule has 0 aromatic carbocycles. The molecule has 1 aliphatic heterocycles. The molecule has 0 aliphatic carbocycles. The topological polar surface area (TPSA) is 64.0 Å². The number of rotatable bonds is 3. The van der Waals surface area contributed by atoms with E-state index < -0.39 is 9.84 Å². The normalized spacial score (nSPS) is 20.6. The second-order valence-electron chi connectivity index (χ2n) is 4.85. The molecule has 5 nitrogen and oxygen atoms in total. The molecule has 0 bridgehead atoms. The van der Waals surface area contributed by atoms with E-state index in [0.29, 0.717) is 18.9 Å². The number of nitrogens with zero attached hydrogens (tertiary/aromatic N) is 2. The highest BCUT2D eigenvalue weighted by atomic mass is 32.2. The van der Waals surface area contributed by atoms with E-state index in [1.807, 2.05) is 16.9 Å². The van der Waals surface area contributed by atoms with E-state index in [1.165, 1.54) is 0 Å². The lowest BCUT2D eigenvalue weighted by atomic mass is 10.1. The third-order valence-electron chi connectivity index (χ3n) is 3.04. The van der Waals surface area contributed by atoms with E-state index in [2.05, 4.69) is 24.3 Å². The van der Waals surface area contributed by atoms with Gasteiger partial charge in [0.1, 0.15) is 15.7 Å². The van der Waals surface area contributed by atoms with E-state index in [4.69, 9.17) is 0 Å². The van der Waals surface area contributed by atoms with Crippen LogP contribution in [0.1, 0.15) is 32.7 Å². The van der Waals surface area contributed by atoms with Crippen molar-refractivity contribution in [3.8, 4) is 0 Å². The van der Waals surface area contributed by atoms with Crippen molar-refractivity contribution in [3.63, 3.8) is 0 Å². The van der Waals surface area contributed by atoms with Crippen LogP contribution in [0.15, 0.2) is 12.3 Å². The van der Waals surface area contributed by atoms with Crippen molar-refractivity contribution in [2.24, 2.45) is 0 Å². The largest absolute Gasteiger partial charge is 0.366 e. The Kier molecular flexibility index (Phi) is 3.42. The van der Waals surface area contributed by atoms with Gasteiger partial charge in [-0.15, -0.1) is 0 Å². The van der Waals surface area contributed by atoms with Crippen LogP contribution < -0.4 is 5.32 Å². The Balaban J connectivity index is 1.93. The minimum absolute atomic E-state index is 0.231. The first-order valence-electron chi connectivity index (χ1n) is 5.98. The van der Waals surface area contributed by atoms with Gasteiger partial charge in [-0.05, 0) is 26.7 Å². The molecule has 1 aromatic rings. The van der Waals surface area contributed by atoms with Crippen molar-refractivity contribution in [1.29, 1.82) is 0 Å². The molecule has 6 heteroatoms. The number of aromatic nitrogens is 2. The Bertz CT molecular complexity index is 465. The summed E-state index contributed by atoms with van der Waals surface area (Å²) in [7, 11) is -2.78. The van der Waals surface area contributed by atoms with Crippen LogP contribution in [-0.2, 0) is 9.84 Å². The Morgan fingerprint density at radius 3 is 2.59 bits per heavy atom. The molecule has 0 spiro atoms. The zero-order chi connectivity index (χ0) is 12.5. The monoisotopic (exact) mass is 257 g/mol. The SMILES string of the molecule is CC(C)n1ccc(NC2CCS(=O)(=O)CC2)n1. The van der Waals surface area contributed by atoms with Gasteiger partial charge in [0.15, 0.2) is 0 Å². The van der Waals surface area contributed by atoms with Crippen LogP contribution in [-0.4, -0.2) is 35.7 Å². The fourth-order valence-electron chi connectivity index (χ4n) is 1.95. The molecule has 1 aromatic heterocycles. The number of hydrogen-bond donors (Lipinski definition) is 1. The first-order chi connectivity index (χ1) is 7.96. The fourth-order valence-corrected chi connectivity index (χ4v) is 3.44. The van der Waals surface area contributed by atoms with Crippen LogP contribution in [0.4, 0.5) is 5.82 Å². The second-order valence-corrected chi connectivity index (χ2v) is 7.15. The number of nitrogens with one attached hydrogen (secondary N) is 1. The van der Waals surface area contributed by atoms with Crippen LogP contribution in [0.3, 0.4) is 0 Å². The molecule has 0 unspecified atom stereocenters. The third kappa shape index (κ3) is 3.21. The summed E-state index contributed by atoms with van der Waals surface area (Å²) in [5, 5.41) is 7.69. The van der Waals surface area contributed by atoms with Gasteiger partial charge in [0.05, 0.1) is 11.5 Å². The summed E-state index contributed by atoms with van der Waals surface area (Å²) in [5.74, 6) is 1.41. The second kappa shape index (κ2) is 4.68. The Hall–Kier alpha value is -1.04. The lowest BCUT2D eigenvalue weighted by molar-refractivity contribution is 0.530. The summed E-state index contributed by atoms with van der Waals surface area (Å²) in [6, 6.07) is 2.51. The maximum Gasteiger partial charge on any atom is 0.150 e. The van der Waals surface area contributed by atoms with Crippen LogP contribution in [0.5, 0.6) is 0 Å². The molecule has 0 atom stereocenters. The molecule has 1 aliphatic rings. The Morgan fingerprint density at radius 2 is 2.06 bits per heavy atom. The van der Waals surface area contributed by atoms with Crippen molar-refractivity contribution in [3.05, 3.63) is 12.3 Å². The van der Waals surface area contributed by atoms with E-state index in [0.717, 1.165) is 5.82 Å². The first kappa shape index (κ1) is 12.4. The maximum atomic E-state index is 11.3. The zero-order valence-corrected chi connectivity index (χ0v) is 11.1. The van der Waals surface area contributed by atoms with Crippen molar-refractivity contribution in [2.75, 3.05) is 16.8 Å². The molecule has 96 valence electrons. The minimum Gasteiger partial charge on any atom is -0.366 e. The molecular formula is C11H19N3O2S. The van der Waals surface area contributed by atoms with E-state index in [-0.39, 0.29) is 17.5 Å². The van der Waals surface area contributed by atoms with Gasteiger partial charge >= 0.3 is 0 Å². The summed E-state index contributed by atoms with van der Waals surface area (Å²) in [6.07, 6.45) is 3.29. The Morgan fingerprint density at radius 1 is 1.41 bits per heavy atom. The third-order valence-corrected chi connectivity index (χ3v) is 4.76. The van der Waals surface area contributed by atoms with E-state index in [9.17, 15) is 8.42 Å². The molecule has 1 saturated heterocycles. The summed E-state index contributed by atoms with van der Waals surface area (Å²) < 4.78 is 24.5.